The van der Waals surface area contributed by atoms with E-state index in [1.165, 1.54) is 14.1 Å². The van der Waals surface area contributed by atoms with E-state index < -0.39 is 18.0 Å². The van der Waals surface area contributed by atoms with E-state index in [-0.39, 0.29) is 13.2 Å². The van der Waals surface area contributed by atoms with Gasteiger partial charge in [0.15, 0.2) is 0 Å². The SMILES string of the molecule is CCOC(=O)/C=N/N(C)C(=O)N(C)/N=C/C(=O)OCC. The molecule has 9 heteroatoms. The summed E-state index contributed by atoms with van der Waals surface area (Å²) in [7, 11) is 2.66. The van der Waals surface area contributed by atoms with Crippen LogP contribution in [0.1, 0.15) is 13.8 Å². The van der Waals surface area contributed by atoms with Crippen molar-refractivity contribution in [2.24, 2.45) is 10.2 Å². The Kier molecular flexibility index (Phi) is 8.32. The third kappa shape index (κ3) is 7.09. The highest BCUT2D eigenvalue weighted by Gasteiger charge is 2.13. The van der Waals surface area contributed by atoms with Crippen LogP contribution in [0.3, 0.4) is 0 Å². The zero-order valence-electron chi connectivity index (χ0n) is 11.9. The average molecular weight is 286 g/mol. The predicted molar refractivity (Wildman–Crippen MR) is 71.2 cm³/mol. The molecule has 0 aliphatic carbocycles. The second-order valence-corrected chi connectivity index (χ2v) is 3.32. The van der Waals surface area contributed by atoms with Crippen LogP contribution in [0.5, 0.6) is 0 Å². The molecule has 0 fully saturated rings. The maximum atomic E-state index is 11.7. The second-order valence-electron chi connectivity index (χ2n) is 3.32. The molecule has 0 saturated carbocycles. The lowest BCUT2D eigenvalue weighted by Gasteiger charge is -2.16. The molecule has 0 spiro atoms. The van der Waals surface area contributed by atoms with Gasteiger partial charge in [-0.25, -0.2) is 24.4 Å². The summed E-state index contributed by atoms with van der Waals surface area (Å²) in [4.78, 5) is 33.7. The summed E-state index contributed by atoms with van der Waals surface area (Å²) in [6.45, 7) is 3.73. The molecule has 0 aromatic carbocycles. The molecule has 0 aliphatic heterocycles. The summed E-state index contributed by atoms with van der Waals surface area (Å²) >= 11 is 0. The average Bonchev–Trinajstić information content (AvgIpc) is 2.42. The van der Waals surface area contributed by atoms with Gasteiger partial charge in [0, 0.05) is 14.1 Å². The largest absolute Gasteiger partial charge is 0.462 e. The zero-order chi connectivity index (χ0) is 15.5. The first kappa shape index (κ1) is 17.6. The molecule has 0 atom stereocenters. The predicted octanol–water partition coefficient (Wildman–Crippen LogP) is 0.0678. The number of rotatable bonds is 6. The Morgan fingerprint density at radius 1 is 0.900 bits per heavy atom. The van der Waals surface area contributed by atoms with Crippen LogP contribution in [0.25, 0.3) is 0 Å². The van der Waals surface area contributed by atoms with E-state index in [0.717, 1.165) is 22.4 Å². The summed E-state index contributed by atoms with van der Waals surface area (Å²) in [5.74, 6) is -1.32. The van der Waals surface area contributed by atoms with Crippen molar-refractivity contribution in [2.45, 2.75) is 13.8 Å². The van der Waals surface area contributed by atoms with Gasteiger partial charge in [0.1, 0.15) is 12.4 Å². The van der Waals surface area contributed by atoms with Crippen molar-refractivity contribution in [1.82, 2.24) is 10.0 Å². The second kappa shape index (κ2) is 9.48. The Morgan fingerprint density at radius 3 is 1.55 bits per heavy atom. The number of ether oxygens (including phenoxy) is 2. The van der Waals surface area contributed by atoms with Gasteiger partial charge >= 0.3 is 18.0 Å². The molecule has 0 N–H and O–H groups in total. The zero-order valence-corrected chi connectivity index (χ0v) is 11.9. The molecular formula is C11H18N4O5. The van der Waals surface area contributed by atoms with E-state index in [9.17, 15) is 14.4 Å². The number of amides is 2. The highest BCUT2D eigenvalue weighted by atomic mass is 16.5. The van der Waals surface area contributed by atoms with Crippen LogP contribution >= 0.6 is 0 Å². The van der Waals surface area contributed by atoms with Gasteiger partial charge in [-0.05, 0) is 13.8 Å². The Balaban J connectivity index is 4.42. The molecule has 112 valence electrons. The van der Waals surface area contributed by atoms with Crippen LogP contribution in [0.4, 0.5) is 4.79 Å². The minimum Gasteiger partial charge on any atom is -0.462 e. The number of esters is 2. The number of carbonyl (C=O) groups excluding carboxylic acids is 3. The molecule has 2 amide bonds. The van der Waals surface area contributed by atoms with E-state index in [2.05, 4.69) is 19.7 Å². The fourth-order valence-electron chi connectivity index (χ4n) is 0.935. The van der Waals surface area contributed by atoms with Gasteiger partial charge in [-0.15, -0.1) is 0 Å². The quantitative estimate of drug-likeness (QED) is 0.390. The Bertz CT molecular complexity index is 372. The minimum absolute atomic E-state index is 0.215. The number of urea groups is 1. The van der Waals surface area contributed by atoms with Gasteiger partial charge in [-0.1, -0.05) is 0 Å². The Labute approximate surface area is 116 Å². The van der Waals surface area contributed by atoms with Crippen molar-refractivity contribution in [3.63, 3.8) is 0 Å². The van der Waals surface area contributed by atoms with Crippen molar-refractivity contribution in [3.05, 3.63) is 0 Å². The van der Waals surface area contributed by atoms with Crippen LogP contribution in [0, 0.1) is 0 Å². The summed E-state index contributed by atoms with van der Waals surface area (Å²) < 4.78 is 9.22. The van der Waals surface area contributed by atoms with E-state index in [1.54, 1.807) is 13.8 Å². The molecule has 9 nitrogen and oxygen atoms in total. The van der Waals surface area contributed by atoms with E-state index in [0.29, 0.717) is 0 Å². The third-order valence-corrected chi connectivity index (χ3v) is 1.80. The van der Waals surface area contributed by atoms with Gasteiger partial charge in [0.05, 0.1) is 13.2 Å². The molecule has 0 aromatic rings. The highest BCUT2D eigenvalue weighted by molar-refractivity contribution is 6.23. The van der Waals surface area contributed by atoms with E-state index in [1.807, 2.05) is 0 Å². The highest BCUT2D eigenvalue weighted by Crippen LogP contribution is 1.94. The van der Waals surface area contributed by atoms with Crippen LogP contribution in [0.2, 0.25) is 0 Å². The molecule has 0 heterocycles. The lowest BCUT2D eigenvalue weighted by molar-refractivity contribution is -0.135. The van der Waals surface area contributed by atoms with Crippen LogP contribution in [-0.2, 0) is 19.1 Å². The van der Waals surface area contributed by atoms with Gasteiger partial charge < -0.3 is 9.47 Å². The van der Waals surface area contributed by atoms with E-state index in [4.69, 9.17) is 0 Å². The first-order valence-corrected chi connectivity index (χ1v) is 5.85. The van der Waals surface area contributed by atoms with Crippen molar-refractivity contribution in [2.75, 3.05) is 27.3 Å². The summed E-state index contributed by atoms with van der Waals surface area (Å²) in [6, 6.07) is -0.647. The summed E-state index contributed by atoms with van der Waals surface area (Å²) in [5, 5.41) is 8.91. The molecule has 0 rings (SSSR count). The fraction of sp³-hybridized carbons (Fsp3) is 0.545. The van der Waals surface area contributed by atoms with E-state index >= 15 is 0 Å². The topological polar surface area (TPSA) is 101 Å². The van der Waals surface area contributed by atoms with Crippen molar-refractivity contribution in [3.8, 4) is 0 Å². The molecular weight excluding hydrogens is 268 g/mol. The number of carbonyl (C=O) groups is 3. The smallest absolute Gasteiger partial charge is 0.360 e. The number of hydrogen-bond acceptors (Lipinski definition) is 7. The van der Waals surface area contributed by atoms with Crippen LogP contribution in [0.15, 0.2) is 10.2 Å². The van der Waals surface area contributed by atoms with Crippen molar-refractivity contribution in [1.29, 1.82) is 0 Å². The molecule has 0 unspecified atom stereocenters. The van der Waals surface area contributed by atoms with Gasteiger partial charge in [-0.2, -0.15) is 10.2 Å². The molecule has 0 radical (unpaired) electrons. The Hall–Kier alpha value is -2.45. The Morgan fingerprint density at radius 2 is 1.25 bits per heavy atom. The summed E-state index contributed by atoms with van der Waals surface area (Å²) in [5.41, 5.74) is 0. The first-order valence-electron chi connectivity index (χ1n) is 5.85. The third-order valence-electron chi connectivity index (χ3n) is 1.80. The summed E-state index contributed by atoms with van der Waals surface area (Å²) in [6.07, 6.45) is 1.73. The van der Waals surface area contributed by atoms with Crippen LogP contribution < -0.4 is 0 Å². The van der Waals surface area contributed by atoms with Crippen LogP contribution in [-0.4, -0.2) is 67.7 Å². The lowest BCUT2D eigenvalue weighted by Crippen LogP contribution is -2.33. The molecule has 0 bridgehead atoms. The molecule has 0 aliphatic rings. The normalized spacial score (nSPS) is 10.6. The number of hydrazone groups is 2. The van der Waals surface area contributed by atoms with Crippen molar-refractivity contribution < 1.29 is 23.9 Å². The maximum Gasteiger partial charge on any atom is 0.360 e. The standard InChI is InChI=1S/C11H18N4O5/c1-5-19-9(16)7-12-14(3)11(18)15(4)13-8-10(17)20-6-2/h7-8H,5-6H2,1-4H3/b12-7+,13-8+. The maximum absolute atomic E-state index is 11.7. The van der Waals surface area contributed by atoms with Gasteiger partial charge in [0.25, 0.3) is 0 Å². The number of hydrogen-bond donors (Lipinski definition) is 0. The van der Waals surface area contributed by atoms with Crippen molar-refractivity contribution >= 4 is 30.4 Å². The minimum atomic E-state index is -0.662. The van der Waals surface area contributed by atoms with Gasteiger partial charge in [0.2, 0.25) is 0 Å². The van der Waals surface area contributed by atoms with Gasteiger partial charge in [-0.3, -0.25) is 0 Å². The molecule has 0 aromatic heterocycles. The lowest BCUT2D eigenvalue weighted by atomic mass is 10.7. The monoisotopic (exact) mass is 286 g/mol. The molecule has 0 saturated heterocycles. The fourth-order valence-corrected chi connectivity index (χ4v) is 0.935. The number of nitrogens with zero attached hydrogens (tertiary/aromatic N) is 4. The first-order chi connectivity index (χ1) is 9.42. The molecule has 20 heavy (non-hydrogen) atoms.